The number of para-hydroxylation sites is 2. The summed E-state index contributed by atoms with van der Waals surface area (Å²) in [4.78, 5) is 12.7. The smallest absolute Gasteiger partial charge is 0.297 e. The lowest BCUT2D eigenvalue weighted by atomic mass is 10.0. The topological polar surface area (TPSA) is 138 Å². The molecule has 190 valence electrons. The molecule has 0 aromatic heterocycles. The number of nitrogens with zero attached hydrogens (tertiary/aromatic N) is 2. The summed E-state index contributed by atoms with van der Waals surface area (Å²) in [5, 5.41) is 22.8. The molecule has 9 nitrogen and oxygen atoms in total. The number of benzene rings is 4. The van der Waals surface area contributed by atoms with Gasteiger partial charge in [-0.2, -0.15) is 8.42 Å². The molecule has 4 aromatic rings. The number of halogens is 1. The largest absolute Gasteiger partial charge is 0.505 e. The molecule has 0 bridgehead atoms. The Bertz CT molecular complexity index is 1650. The highest BCUT2D eigenvalue weighted by Crippen LogP contribution is 2.42. The number of aromatic hydroxyl groups is 1. The first-order valence-corrected chi connectivity index (χ1v) is 12.9. The second-order valence-electron chi connectivity index (χ2n) is 7.94. The Kier molecular flexibility index (Phi) is 7.44. The Labute approximate surface area is 218 Å². The molecule has 0 fully saturated rings. The van der Waals surface area contributed by atoms with E-state index in [1.807, 2.05) is 6.92 Å². The van der Waals surface area contributed by atoms with Crippen LogP contribution in [0.2, 0.25) is 5.02 Å². The van der Waals surface area contributed by atoms with Gasteiger partial charge >= 0.3 is 0 Å². The van der Waals surface area contributed by atoms with E-state index in [2.05, 4.69) is 15.5 Å². The number of anilines is 1. The lowest BCUT2D eigenvalue weighted by Crippen LogP contribution is -2.13. The van der Waals surface area contributed by atoms with Crippen LogP contribution in [0.4, 0.5) is 17.1 Å². The van der Waals surface area contributed by atoms with Gasteiger partial charge in [-0.3, -0.25) is 9.35 Å². The molecule has 0 spiro atoms. The number of carbonyl (C=O) groups is 1. The number of amides is 1. The SMILES string of the molecule is CCOc1ccccc1NC(=O)c1cc2ccccc2c(N=Nc2c(Cl)ccc(C)c2S(=O)(=O)O)c1O. The fraction of sp³-hybridized carbons (Fsp3) is 0.115. The third-order valence-electron chi connectivity index (χ3n) is 5.46. The maximum atomic E-state index is 13.2. The number of fused-ring (bicyclic) bond motifs is 1. The second-order valence-corrected chi connectivity index (χ2v) is 9.71. The van der Waals surface area contributed by atoms with E-state index >= 15 is 0 Å². The maximum absolute atomic E-state index is 13.2. The lowest BCUT2D eigenvalue weighted by molar-refractivity contribution is 0.102. The average Bonchev–Trinajstić information content (AvgIpc) is 2.85. The van der Waals surface area contributed by atoms with Gasteiger partial charge in [-0.25, -0.2) is 0 Å². The first kappa shape index (κ1) is 26.1. The molecule has 1 amide bonds. The number of azo groups is 1. The number of nitrogens with one attached hydrogen (secondary N) is 1. The molecule has 0 saturated carbocycles. The summed E-state index contributed by atoms with van der Waals surface area (Å²) in [5.74, 6) is -0.643. The Morgan fingerprint density at radius 3 is 2.43 bits per heavy atom. The molecule has 0 unspecified atom stereocenters. The molecular weight excluding hydrogens is 518 g/mol. The summed E-state index contributed by atoms with van der Waals surface area (Å²) in [6.45, 7) is 3.68. The minimum atomic E-state index is -4.69. The van der Waals surface area contributed by atoms with Crippen LogP contribution in [0, 0.1) is 6.92 Å². The van der Waals surface area contributed by atoms with Crippen molar-refractivity contribution in [3.8, 4) is 11.5 Å². The minimum absolute atomic E-state index is 0.0767. The van der Waals surface area contributed by atoms with Gasteiger partial charge in [-0.15, -0.1) is 10.2 Å². The summed E-state index contributed by atoms with van der Waals surface area (Å²) < 4.78 is 39.3. The van der Waals surface area contributed by atoms with E-state index < -0.39 is 26.7 Å². The van der Waals surface area contributed by atoms with Crippen molar-refractivity contribution in [1.29, 1.82) is 0 Å². The van der Waals surface area contributed by atoms with E-state index in [0.717, 1.165) is 0 Å². The number of phenolic OH excluding ortho intramolecular Hbond substituents is 1. The number of aryl methyl sites for hydroxylation is 1. The van der Waals surface area contributed by atoms with Gasteiger partial charge in [-0.05, 0) is 49.1 Å². The fourth-order valence-electron chi connectivity index (χ4n) is 3.80. The van der Waals surface area contributed by atoms with Crippen molar-refractivity contribution >= 4 is 55.5 Å². The first-order valence-electron chi connectivity index (χ1n) is 11.1. The Hall–Kier alpha value is -3.99. The van der Waals surface area contributed by atoms with Crippen molar-refractivity contribution < 1.29 is 27.6 Å². The van der Waals surface area contributed by atoms with Crippen molar-refractivity contribution in [2.24, 2.45) is 10.2 Å². The molecule has 0 radical (unpaired) electrons. The monoisotopic (exact) mass is 539 g/mol. The normalized spacial score (nSPS) is 11.7. The van der Waals surface area contributed by atoms with Crippen LogP contribution >= 0.6 is 11.6 Å². The van der Waals surface area contributed by atoms with Gasteiger partial charge in [0.2, 0.25) is 0 Å². The van der Waals surface area contributed by atoms with Crippen LogP contribution in [0.1, 0.15) is 22.8 Å². The minimum Gasteiger partial charge on any atom is -0.505 e. The predicted molar refractivity (Wildman–Crippen MR) is 141 cm³/mol. The van der Waals surface area contributed by atoms with E-state index in [9.17, 15) is 22.9 Å². The number of hydrogen-bond donors (Lipinski definition) is 3. The van der Waals surface area contributed by atoms with Gasteiger partial charge in [0.1, 0.15) is 22.0 Å². The van der Waals surface area contributed by atoms with Gasteiger partial charge < -0.3 is 15.2 Å². The molecule has 37 heavy (non-hydrogen) atoms. The fourth-order valence-corrected chi connectivity index (χ4v) is 4.92. The second kappa shape index (κ2) is 10.6. The number of hydrogen-bond acceptors (Lipinski definition) is 7. The third kappa shape index (κ3) is 5.41. The van der Waals surface area contributed by atoms with E-state index in [1.165, 1.54) is 25.1 Å². The van der Waals surface area contributed by atoms with Crippen molar-refractivity contribution in [3.63, 3.8) is 0 Å². The summed E-state index contributed by atoms with van der Waals surface area (Å²) >= 11 is 6.18. The highest BCUT2D eigenvalue weighted by Gasteiger charge is 2.23. The van der Waals surface area contributed by atoms with E-state index in [4.69, 9.17) is 16.3 Å². The molecule has 4 rings (SSSR count). The molecule has 0 aliphatic rings. The van der Waals surface area contributed by atoms with Gasteiger partial charge in [0, 0.05) is 5.39 Å². The van der Waals surface area contributed by atoms with Crippen molar-refractivity contribution in [2.75, 3.05) is 11.9 Å². The highest BCUT2D eigenvalue weighted by molar-refractivity contribution is 7.86. The zero-order valence-electron chi connectivity index (χ0n) is 19.8. The zero-order chi connectivity index (χ0) is 26.7. The zero-order valence-corrected chi connectivity index (χ0v) is 21.3. The Balaban J connectivity index is 1.85. The third-order valence-corrected chi connectivity index (χ3v) is 6.80. The van der Waals surface area contributed by atoms with Crippen molar-refractivity contribution in [3.05, 3.63) is 82.9 Å². The summed E-state index contributed by atoms with van der Waals surface area (Å²) in [6, 6.07) is 18.1. The molecule has 3 N–H and O–H groups in total. The summed E-state index contributed by atoms with van der Waals surface area (Å²) in [6.07, 6.45) is 0. The van der Waals surface area contributed by atoms with Gasteiger partial charge in [0.15, 0.2) is 5.75 Å². The molecule has 0 heterocycles. The van der Waals surface area contributed by atoms with Crippen LogP contribution in [-0.4, -0.2) is 30.6 Å². The average molecular weight is 540 g/mol. The molecule has 0 saturated heterocycles. The summed E-state index contributed by atoms with van der Waals surface area (Å²) in [5.41, 5.74) is 0.142. The van der Waals surface area contributed by atoms with Crippen LogP contribution in [0.15, 0.2) is 81.9 Å². The summed E-state index contributed by atoms with van der Waals surface area (Å²) in [7, 11) is -4.69. The Morgan fingerprint density at radius 2 is 1.70 bits per heavy atom. The van der Waals surface area contributed by atoms with Crippen molar-refractivity contribution in [1.82, 2.24) is 0 Å². The molecule has 11 heteroatoms. The van der Waals surface area contributed by atoms with E-state index in [0.29, 0.717) is 28.8 Å². The molecule has 4 aromatic carbocycles. The van der Waals surface area contributed by atoms with Crippen molar-refractivity contribution in [2.45, 2.75) is 18.7 Å². The maximum Gasteiger partial charge on any atom is 0.297 e. The van der Waals surface area contributed by atoms with Gasteiger partial charge in [0.05, 0.1) is 22.9 Å². The molecule has 0 aliphatic carbocycles. The highest BCUT2D eigenvalue weighted by atomic mass is 35.5. The van der Waals surface area contributed by atoms with Crippen LogP contribution in [0.3, 0.4) is 0 Å². The first-order chi connectivity index (χ1) is 17.6. The van der Waals surface area contributed by atoms with Crippen LogP contribution in [-0.2, 0) is 10.1 Å². The number of carbonyl (C=O) groups excluding carboxylic acids is 1. The Morgan fingerprint density at radius 1 is 1.03 bits per heavy atom. The van der Waals surface area contributed by atoms with Gasteiger partial charge in [-0.1, -0.05) is 54.1 Å². The molecule has 0 aliphatic heterocycles. The lowest BCUT2D eigenvalue weighted by Gasteiger charge is -2.14. The molecular formula is C26H22ClN3O6S. The van der Waals surface area contributed by atoms with Crippen LogP contribution < -0.4 is 10.1 Å². The van der Waals surface area contributed by atoms with E-state index in [-0.39, 0.29) is 27.5 Å². The van der Waals surface area contributed by atoms with Crippen LogP contribution in [0.5, 0.6) is 11.5 Å². The number of phenols is 1. The number of ether oxygens (including phenoxy) is 1. The number of rotatable bonds is 7. The molecule has 0 atom stereocenters. The standard InChI is InChI=1S/C26H22ClN3O6S/c1-3-36-21-11-7-6-10-20(21)28-26(32)18-14-16-8-4-5-9-17(16)22(24(18)31)29-30-23-19(27)13-12-15(2)25(23)37(33,34)35/h4-14,31H,3H2,1-2H3,(H,28,32)(H,33,34,35). The predicted octanol–water partition coefficient (Wildman–Crippen LogP) is 6.82. The quantitative estimate of drug-likeness (QED) is 0.174. The van der Waals surface area contributed by atoms with Gasteiger partial charge in [0.25, 0.3) is 16.0 Å². The van der Waals surface area contributed by atoms with Crippen LogP contribution in [0.25, 0.3) is 10.8 Å². The van der Waals surface area contributed by atoms with E-state index in [1.54, 1.807) is 48.5 Å².